The maximum absolute atomic E-state index is 12.0. The molecule has 6 nitrogen and oxygen atoms in total. The second-order valence-electron chi connectivity index (χ2n) is 4.68. The first-order valence-corrected chi connectivity index (χ1v) is 6.71. The number of carbonyl (C=O) groups is 2. The summed E-state index contributed by atoms with van der Waals surface area (Å²) in [5, 5.41) is 2.60. The standard InChI is InChI=1S/C15H17N3O3/c1-2-9-21-13-5-8-18(11-13)14(19)10-17-15(20)12-3-6-16-7-4-12/h1,3-4,6-7,13H,5,8-11H2,(H,17,20)/t13-/m1/s1. The Morgan fingerprint density at radius 2 is 2.24 bits per heavy atom. The van der Waals surface area contributed by atoms with Crippen LogP contribution in [0.2, 0.25) is 0 Å². The van der Waals surface area contributed by atoms with Crippen molar-refractivity contribution in [3.8, 4) is 12.3 Å². The largest absolute Gasteiger partial charge is 0.364 e. The number of terminal acetylenes is 1. The molecule has 110 valence electrons. The van der Waals surface area contributed by atoms with Gasteiger partial charge in [0.05, 0.1) is 12.6 Å². The van der Waals surface area contributed by atoms with Crippen molar-refractivity contribution in [3.05, 3.63) is 30.1 Å². The third-order valence-electron chi connectivity index (χ3n) is 3.24. The van der Waals surface area contributed by atoms with E-state index in [1.165, 1.54) is 12.4 Å². The highest BCUT2D eigenvalue weighted by Gasteiger charge is 2.26. The van der Waals surface area contributed by atoms with Crippen LogP contribution in [-0.2, 0) is 9.53 Å². The highest BCUT2D eigenvalue weighted by Crippen LogP contribution is 2.12. The molecule has 0 unspecified atom stereocenters. The van der Waals surface area contributed by atoms with Crippen molar-refractivity contribution in [2.75, 3.05) is 26.2 Å². The van der Waals surface area contributed by atoms with Crippen LogP contribution in [0.25, 0.3) is 0 Å². The molecule has 1 aliphatic heterocycles. The molecule has 2 amide bonds. The van der Waals surface area contributed by atoms with Gasteiger partial charge in [-0.1, -0.05) is 5.92 Å². The maximum atomic E-state index is 12.0. The predicted molar refractivity (Wildman–Crippen MR) is 76.3 cm³/mol. The third kappa shape index (κ3) is 4.29. The highest BCUT2D eigenvalue weighted by atomic mass is 16.5. The molecule has 1 fully saturated rings. The zero-order chi connectivity index (χ0) is 15.1. The molecule has 0 radical (unpaired) electrons. The van der Waals surface area contributed by atoms with Crippen LogP contribution in [-0.4, -0.2) is 54.0 Å². The summed E-state index contributed by atoms with van der Waals surface area (Å²) >= 11 is 0. The Balaban J connectivity index is 1.75. The fourth-order valence-electron chi connectivity index (χ4n) is 2.13. The predicted octanol–water partition coefficient (Wildman–Crippen LogP) is 0.0621. The van der Waals surface area contributed by atoms with Gasteiger partial charge < -0.3 is 15.0 Å². The zero-order valence-corrected chi connectivity index (χ0v) is 11.6. The van der Waals surface area contributed by atoms with Crippen molar-refractivity contribution in [3.63, 3.8) is 0 Å². The average molecular weight is 287 g/mol. The van der Waals surface area contributed by atoms with Crippen molar-refractivity contribution in [2.24, 2.45) is 0 Å². The van der Waals surface area contributed by atoms with Gasteiger partial charge in [0.2, 0.25) is 5.91 Å². The fourth-order valence-corrected chi connectivity index (χ4v) is 2.13. The smallest absolute Gasteiger partial charge is 0.251 e. The van der Waals surface area contributed by atoms with Crippen molar-refractivity contribution < 1.29 is 14.3 Å². The quantitative estimate of drug-likeness (QED) is 0.778. The van der Waals surface area contributed by atoms with Gasteiger partial charge in [-0.25, -0.2) is 0 Å². The highest BCUT2D eigenvalue weighted by molar-refractivity contribution is 5.96. The molecule has 1 aromatic heterocycles. The first kappa shape index (κ1) is 15.0. The van der Waals surface area contributed by atoms with Crippen molar-refractivity contribution in [1.29, 1.82) is 0 Å². The van der Waals surface area contributed by atoms with E-state index in [2.05, 4.69) is 16.2 Å². The fraction of sp³-hybridized carbons (Fsp3) is 0.400. The van der Waals surface area contributed by atoms with E-state index in [0.717, 1.165) is 6.42 Å². The Bertz CT molecular complexity index is 539. The molecule has 21 heavy (non-hydrogen) atoms. The third-order valence-corrected chi connectivity index (χ3v) is 3.24. The van der Waals surface area contributed by atoms with E-state index < -0.39 is 0 Å². The molecule has 2 heterocycles. The lowest BCUT2D eigenvalue weighted by molar-refractivity contribution is -0.129. The van der Waals surface area contributed by atoms with Crippen LogP contribution in [0.1, 0.15) is 16.8 Å². The Kier molecular flexibility index (Phi) is 5.29. The zero-order valence-electron chi connectivity index (χ0n) is 11.6. The molecule has 1 aliphatic rings. The lowest BCUT2D eigenvalue weighted by Gasteiger charge is -2.16. The topological polar surface area (TPSA) is 71.5 Å². The molecular weight excluding hydrogens is 270 g/mol. The number of pyridine rings is 1. The summed E-state index contributed by atoms with van der Waals surface area (Å²) in [6.45, 7) is 1.37. The van der Waals surface area contributed by atoms with Crippen molar-refractivity contribution in [1.82, 2.24) is 15.2 Å². The second kappa shape index (κ2) is 7.41. The number of carbonyl (C=O) groups excluding carboxylic acids is 2. The first-order valence-electron chi connectivity index (χ1n) is 6.71. The van der Waals surface area contributed by atoms with Crippen LogP contribution in [0.4, 0.5) is 0 Å². The number of ether oxygens (including phenoxy) is 1. The van der Waals surface area contributed by atoms with Crippen LogP contribution in [0.15, 0.2) is 24.5 Å². The molecule has 1 N–H and O–H groups in total. The van der Waals surface area contributed by atoms with Crippen LogP contribution in [0.5, 0.6) is 0 Å². The second-order valence-corrected chi connectivity index (χ2v) is 4.68. The molecule has 0 aliphatic carbocycles. The van der Waals surface area contributed by atoms with Crippen LogP contribution >= 0.6 is 0 Å². The van der Waals surface area contributed by atoms with E-state index in [0.29, 0.717) is 18.7 Å². The summed E-state index contributed by atoms with van der Waals surface area (Å²) in [6, 6.07) is 3.19. The minimum atomic E-state index is -0.287. The summed E-state index contributed by atoms with van der Waals surface area (Å²) in [6.07, 6.45) is 8.95. The van der Waals surface area contributed by atoms with Crippen LogP contribution in [0.3, 0.4) is 0 Å². The van der Waals surface area contributed by atoms with Gasteiger partial charge in [-0.05, 0) is 18.6 Å². The van der Waals surface area contributed by atoms with E-state index in [1.807, 2.05) is 0 Å². The van der Waals surface area contributed by atoms with Gasteiger partial charge in [-0.15, -0.1) is 6.42 Å². The number of nitrogens with zero attached hydrogens (tertiary/aromatic N) is 2. The molecular formula is C15H17N3O3. The molecule has 2 rings (SSSR count). The van der Waals surface area contributed by atoms with Gasteiger partial charge in [0.25, 0.3) is 5.91 Å². The minimum absolute atomic E-state index is 0.0131. The monoisotopic (exact) mass is 287 g/mol. The Morgan fingerprint density at radius 3 is 2.95 bits per heavy atom. The summed E-state index contributed by atoms with van der Waals surface area (Å²) in [4.78, 5) is 29.3. The molecule has 0 bridgehead atoms. The Hall–Kier alpha value is -2.39. The Morgan fingerprint density at radius 1 is 1.48 bits per heavy atom. The molecule has 6 heteroatoms. The molecule has 0 aromatic carbocycles. The summed E-state index contributed by atoms with van der Waals surface area (Å²) in [5.74, 6) is 2.00. The van der Waals surface area contributed by atoms with Crippen LogP contribution in [0, 0.1) is 12.3 Å². The summed E-state index contributed by atoms with van der Waals surface area (Å²) < 4.78 is 5.40. The molecule has 1 atom stereocenters. The van der Waals surface area contributed by atoms with E-state index in [-0.39, 0.29) is 31.1 Å². The molecule has 0 saturated carbocycles. The molecule has 0 spiro atoms. The van der Waals surface area contributed by atoms with Crippen molar-refractivity contribution in [2.45, 2.75) is 12.5 Å². The van der Waals surface area contributed by atoms with Gasteiger partial charge >= 0.3 is 0 Å². The maximum Gasteiger partial charge on any atom is 0.251 e. The van der Waals surface area contributed by atoms with Gasteiger partial charge in [0.1, 0.15) is 6.61 Å². The molecule has 1 aromatic rings. The van der Waals surface area contributed by atoms with E-state index in [9.17, 15) is 9.59 Å². The number of hydrogen-bond donors (Lipinski definition) is 1. The summed E-state index contributed by atoms with van der Waals surface area (Å²) in [7, 11) is 0. The lowest BCUT2D eigenvalue weighted by atomic mass is 10.2. The summed E-state index contributed by atoms with van der Waals surface area (Å²) in [5.41, 5.74) is 0.481. The van der Waals surface area contributed by atoms with E-state index in [1.54, 1.807) is 17.0 Å². The number of aromatic nitrogens is 1. The number of hydrogen-bond acceptors (Lipinski definition) is 4. The number of amides is 2. The number of rotatable bonds is 5. The molecule has 1 saturated heterocycles. The lowest BCUT2D eigenvalue weighted by Crippen LogP contribution is -2.39. The minimum Gasteiger partial charge on any atom is -0.364 e. The van der Waals surface area contributed by atoms with E-state index >= 15 is 0 Å². The van der Waals surface area contributed by atoms with Gasteiger partial charge in [0.15, 0.2) is 0 Å². The Labute approximate surface area is 123 Å². The van der Waals surface area contributed by atoms with Gasteiger partial charge in [-0.2, -0.15) is 0 Å². The number of nitrogens with one attached hydrogen (secondary N) is 1. The normalized spacial score (nSPS) is 17.3. The van der Waals surface area contributed by atoms with Crippen molar-refractivity contribution >= 4 is 11.8 Å². The SMILES string of the molecule is C#CCO[C@@H]1CCN(C(=O)CNC(=O)c2ccncc2)C1. The van der Waals surface area contributed by atoms with Gasteiger partial charge in [0, 0.05) is 31.0 Å². The number of likely N-dealkylation sites (tertiary alicyclic amines) is 1. The first-order chi connectivity index (χ1) is 10.2. The van der Waals surface area contributed by atoms with E-state index in [4.69, 9.17) is 11.2 Å². The van der Waals surface area contributed by atoms with Crippen LogP contribution < -0.4 is 5.32 Å². The average Bonchev–Trinajstić information content (AvgIpc) is 3.00. The van der Waals surface area contributed by atoms with Gasteiger partial charge in [-0.3, -0.25) is 14.6 Å².